The van der Waals surface area contributed by atoms with Crippen molar-refractivity contribution >= 4 is 16.0 Å². The summed E-state index contributed by atoms with van der Waals surface area (Å²) in [6.45, 7) is 5.71. The molecule has 24 heavy (non-hydrogen) atoms. The van der Waals surface area contributed by atoms with E-state index in [4.69, 9.17) is 0 Å². The first-order valence-electron chi connectivity index (χ1n) is 8.22. The van der Waals surface area contributed by atoms with Crippen molar-refractivity contribution in [3.05, 3.63) is 35.4 Å². The predicted molar refractivity (Wildman–Crippen MR) is 101 cm³/mol. The van der Waals surface area contributed by atoms with Crippen molar-refractivity contribution in [2.75, 3.05) is 40.0 Å². The minimum absolute atomic E-state index is 0.137. The Morgan fingerprint density at radius 1 is 1.25 bits per heavy atom. The molecule has 7 heteroatoms. The highest BCUT2D eigenvalue weighted by Gasteiger charge is 2.14. The van der Waals surface area contributed by atoms with Gasteiger partial charge in [-0.1, -0.05) is 24.3 Å². The van der Waals surface area contributed by atoms with E-state index < -0.39 is 10.0 Å². The maximum Gasteiger partial charge on any atom is 0.213 e. The molecule has 0 bridgehead atoms. The molecule has 1 N–H and O–H groups in total. The number of aryl methyl sites for hydroxylation is 1. The average Bonchev–Trinajstić information content (AvgIpc) is 2.56. The lowest BCUT2D eigenvalue weighted by Crippen LogP contribution is -2.40. The van der Waals surface area contributed by atoms with Gasteiger partial charge in [0.1, 0.15) is 0 Å². The Kier molecular flexibility index (Phi) is 8.21. The molecular formula is C17H30N4O2S. The lowest BCUT2D eigenvalue weighted by Gasteiger charge is -2.23. The summed E-state index contributed by atoms with van der Waals surface area (Å²) in [4.78, 5) is 6.36. The van der Waals surface area contributed by atoms with Gasteiger partial charge in [0.2, 0.25) is 10.0 Å². The van der Waals surface area contributed by atoms with Crippen molar-refractivity contribution in [2.24, 2.45) is 4.99 Å². The molecule has 0 atom stereocenters. The molecule has 136 valence electrons. The minimum atomic E-state index is -3.10. The van der Waals surface area contributed by atoms with Gasteiger partial charge in [0.05, 0.1) is 5.75 Å². The SMILES string of the molecule is CCS(=O)(=O)N(C)CCCNC(=NC)N(C)Cc1ccccc1C. The van der Waals surface area contributed by atoms with Gasteiger partial charge in [0, 0.05) is 40.8 Å². The summed E-state index contributed by atoms with van der Waals surface area (Å²) in [5.74, 6) is 0.942. The molecule has 0 aliphatic carbocycles. The summed E-state index contributed by atoms with van der Waals surface area (Å²) in [7, 11) is 2.27. The lowest BCUT2D eigenvalue weighted by molar-refractivity contribution is 0.450. The van der Waals surface area contributed by atoms with Crippen molar-refractivity contribution in [1.29, 1.82) is 0 Å². The highest BCUT2D eigenvalue weighted by atomic mass is 32.2. The fraction of sp³-hybridized carbons (Fsp3) is 0.588. The monoisotopic (exact) mass is 354 g/mol. The Morgan fingerprint density at radius 2 is 1.92 bits per heavy atom. The van der Waals surface area contributed by atoms with E-state index in [9.17, 15) is 8.42 Å². The summed E-state index contributed by atoms with van der Waals surface area (Å²) in [6.07, 6.45) is 0.729. The van der Waals surface area contributed by atoms with Gasteiger partial charge >= 0.3 is 0 Å². The molecule has 1 aromatic carbocycles. The van der Waals surface area contributed by atoms with Crippen molar-refractivity contribution in [1.82, 2.24) is 14.5 Å². The van der Waals surface area contributed by atoms with Crippen LogP contribution < -0.4 is 5.32 Å². The third-order valence-corrected chi connectivity index (χ3v) is 5.88. The predicted octanol–water partition coefficient (Wildman–Crippen LogP) is 1.67. The maximum absolute atomic E-state index is 11.7. The molecule has 1 aromatic rings. The van der Waals surface area contributed by atoms with Crippen molar-refractivity contribution in [3.8, 4) is 0 Å². The van der Waals surface area contributed by atoms with Crippen molar-refractivity contribution < 1.29 is 8.42 Å². The van der Waals surface area contributed by atoms with E-state index in [1.807, 2.05) is 19.2 Å². The van der Waals surface area contributed by atoms with Crippen LogP contribution in [-0.2, 0) is 16.6 Å². The third kappa shape index (κ3) is 6.13. The largest absolute Gasteiger partial charge is 0.356 e. The fourth-order valence-electron chi connectivity index (χ4n) is 2.36. The third-order valence-electron chi connectivity index (χ3n) is 4.01. The number of guanidine groups is 1. The smallest absolute Gasteiger partial charge is 0.213 e. The Hall–Kier alpha value is -1.60. The van der Waals surface area contributed by atoms with Crippen LogP contribution in [0.25, 0.3) is 0 Å². The van der Waals surface area contributed by atoms with E-state index in [0.29, 0.717) is 13.1 Å². The van der Waals surface area contributed by atoms with Gasteiger partial charge < -0.3 is 10.2 Å². The average molecular weight is 355 g/mol. The summed E-state index contributed by atoms with van der Waals surface area (Å²) in [5, 5.41) is 3.29. The highest BCUT2D eigenvalue weighted by Crippen LogP contribution is 2.09. The van der Waals surface area contributed by atoms with Crippen LogP contribution in [0, 0.1) is 6.92 Å². The molecule has 0 saturated heterocycles. The van der Waals surface area contributed by atoms with Gasteiger partial charge in [-0.3, -0.25) is 4.99 Å². The van der Waals surface area contributed by atoms with Crippen molar-refractivity contribution in [2.45, 2.75) is 26.8 Å². The number of benzene rings is 1. The highest BCUT2D eigenvalue weighted by molar-refractivity contribution is 7.89. The minimum Gasteiger partial charge on any atom is -0.356 e. The number of sulfonamides is 1. The molecule has 0 aliphatic rings. The summed E-state index contributed by atoms with van der Waals surface area (Å²) in [5.41, 5.74) is 2.52. The van der Waals surface area contributed by atoms with E-state index in [1.165, 1.54) is 15.4 Å². The molecule has 1 rings (SSSR count). The second-order valence-electron chi connectivity index (χ2n) is 5.83. The molecule has 6 nitrogen and oxygen atoms in total. The van der Waals surface area contributed by atoms with E-state index >= 15 is 0 Å². The van der Waals surface area contributed by atoms with Crippen LogP contribution in [0.3, 0.4) is 0 Å². The Labute approximate surface area is 146 Å². The molecule has 0 aliphatic heterocycles. The molecular weight excluding hydrogens is 324 g/mol. The number of hydrogen-bond acceptors (Lipinski definition) is 3. The van der Waals surface area contributed by atoms with Gasteiger partial charge in [-0.2, -0.15) is 0 Å². The van der Waals surface area contributed by atoms with Crippen LogP contribution in [-0.4, -0.2) is 63.6 Å². The first-order chi connectivity index (χ1) is 11.3. The van der Waals surface area contributed by atoms with Gasteiger partial charge in [0.15, 0.2) is 5.96 Å². The molecule has 0 aromatic heterocycles. The fourth-order valence-corrected chi connectivity index (χ4v) is 3.21. The van der Waals surface area contributed by atoms with Crippen LogP contribution in [0.15, 0.2) is 29.3 Å². The first-order valence-corrected chi connectivity index (χ1v) is 9.83. The van der Waals surface area contributed by atoms with Crippen LogP contribution in [0.1, 0.15) is 24.5 Å². The zero-order valence-electron chi connectivity index (χ0n) is 15.4. The van der Waals surface area contributed by atoms with E-state index in [-0.39, 0.29) is 5.75 Å². The number of rotatable bonds is 8. The van der Waals surface area contributed by atoms with E-state index in [0.717, 1.165) is 18.9 Å². The Balaban J connectivity index is 2.46. The molecule has 0 fully saturated rings. The normalized spacial score (nSPS) is 12.5. The zero-order valence-corrected chi connectivity index (χ0v) is 16.2. The summed E-state index contributed by atoms with van der Waals surface area (Å²) < 4.78 is 24.8. The van der Waals surface area contributed by atoms with E-state index in [2.05, 4.69) is 34.3 Å². The van der Waals surface area contributed by atoms with Gasteiger partial charge in [-0.05, 0) is 31.4 Å². The van der Waals surface area contributed by atoms with Crippen LogP contribution in [0.2, 0.25) is 0 Å². The number of hydrogen-bond donors (Lipinski definition) is 1. The number of nitrogens with one attached hydrogen (secondary N) is 1. The van der Waals surface area contributed by atoms with Crippen LogP contribution in [0.4, 0.5) is 0 Å². The molecule has 0 unspecified atom stereocenters. The van der Waals surface area contributed by atoms with Gasteiger partial charge in [-0.15, -0.1) is 0 Å². The molecule has 0 radical (unpaired) electrons. The van der Waals surface area contributed by atoms with Crippen molar-refractivity contribution in [3.63, 3.8) is 0 Å². The number of aliphatic imine (C=N–C) groups is 1. The molecule has 0 amide bonds. The molecule has 0 spiro atoms. The summed E-state index contributed by atoms with van der Waals surface area (Å²) in [6, 6.07) is 8.29. The Morgan fingerprint density at radius 3 is 2.50 bits per heavy atom. The lowest BCUT2D eigenvalue weighted by atomic mass is 10.1. The van der Waals surface area contributed by atoms with Gasteiger partial charge in [-0.25, -0.2) is 12.7 Å². The standard InChI is InChI=1S/C17H30N4O2S/c1-6-24(22,23)21(5)13-9-12-19-17(18-3)20(4)14-16-11-8-7-10-15(16)2/h7-8,10-11H,6,9,12-14H2,1-5H3,(H,18,19). The molecule has 0 heterocycles. The second-order valence-corrected chi connectivity index (χ2v) is 8.20. The van der Waals surface area contributed by atoms with E-state index in [1.54, 1.807) is 21.0 Å². The Bertz CT molecular complexity index is 644. The molecule has 0 saturated carbocycles. The first kappa shape index (κ1) is 20.4. The maximum atomic E-state index is 11.7. The van der Waals surface area contributed by atoms with Crippen LogP contribution in [0.5, 0.6) is 0 Å². The topological polar surface area (TPSA) is 65.0 Å². The van der Waals surface area contributed by atoms with Crippen LogP contribution >= 0.6 is 0 Å². The second kappa shape index (κ2) is 9.64. The zero-order chi connectivity index (χ0) is 18.2. The summed E-state index contributed by atoms with van der Waals surface area (Å²) >= 11 is 0. The number of nitrogens with zero attached hydrogens (tertiary/aromatic N) is 3. The van der Waals surface area contributed by atoms with Gasteiger partial charge in [0.25, 0.3) is 0 Å². The quantitative estimate of drug-likeness (QED) is 0.438.